The third-order valence-electron chi connectivity index (χ3n) is 2.20. The number of hydrogen-bond acceptors (Lipinski definition) is 1. The summed E-state index contributed by atoms with van der Waals surface area (Å²) in [5, 5.41) is 4.38. The third kappa shape index (κ3) is 2.34. The maximum Gasteiger partial charge on any atom is 0.0776 e. The van der Waals surface area contributed by atoms with Crippen molar-refractivity contribution in [1.29, 1.82) is 0 Å². The lowest BCUT2D eigenvalue weighted by Gasteiger charge is -2.05. The van der Waals surface area contributed by atoms with Crippen LogP contribution in [0.3, 0.4) is 0 Å². The largest absolute Gasteiger partial charge is 0.240 e. The van der Waals surface area contributed by atoms with E-state index in [1.54, 1.807) is 0 Å². The molecule has 0 aliphatic rings. The molecular formula is C11H10ClIN2. The van der Waals surface area contributed by atoms with Gasteiger partial charge >= 0.3 is 0 Å². The monoisotopic (exact) mass is 332 g/mol. The Morgan fingerprint density at radius 3 is 2.87 bits per heavy atom. The standard InChI is InChI=1S/C11H10ClIN2/c1-8-2-3-9(13)6-11(8)15-5-4-10(7-12)14-15/h2-6H,7H2,1H3. The molecule has 15 heavy (non-hydrogen) atoms. The molecule has 4 heteroatoms. The number of aromatic nitrogens is 2. The van der Waals surface area contributed by atoms with Gasteiger partial charge in [-0.05, 0) is 53.3 Å². The first kappa shape index (κ1) is 11.0. The Morgan fingerprint density at radius 2 is 2.20 bits per heavy atom. The summed E-state index contributed by atoms with van der Waals surface area (Å²) in [5.74, 6) is 0.454. The first-order chi connectivity index (χ1) is 7.20. The summed E-state index contributed by atoms with van der Waals surface area (Å²) in [5.41, 5.74) is 3.22. The van der Waals surface area contributed by atoms with Crippen LogP contribution in [0.25, 0.3) is 5.69 Å². The summed E-state index contributed by atoms with van der Waals surface area (Å²) < 4.78 is 3.07. The maximum absolute atomic E-state index is 5.72. The molecule has 1 aromatic heterocycles. The van der Waals surface area contributed by atoms with Gasteiger partial charge in [0.2, 0.25) is 0 Å². The van der Waals surface area contributed by atoms with Crippen molar-refractivity contribution in [2.75, 3.05) is 0 Å². The van der Waals surface area contributed by atoms with Crippen molar-refractivity contribution in [3.63, 3.8) is 0 Å². The minimum Gasteiger partial charge on any atom is -0.240 e. The van der Waals surface area contributed by atoms with Gasteiger partial charge in [0.15, 0.2) is 0 Å². The van der Waals surface area contributed by atoms with E-state index in [9.17, 15) is 0 Å². The molecule has 0 bridgehead atoms. The van der Waals surface area contributed by atoms with Crippen LogP contribution >= 0.6 is 34.2 Å². The predicted octanol–water partition coefficient (Wildman–Crippen LogP) is 3.52. The number of alkyl halides is 1. The zero-order chi connectivity index (χ0) is 10.8. The summed E-state index contributed by atoms with van der Waals surface area (Å²) in [7, 11) is 0. The van der Waals surface area contributed by atoms with Gasteiger partial charge in [-0.1, -0.05) is 6.07 Å². The fourth-order valence-corrected chi connectivity index (χ4v) is 2.01. The third-order valence-corrected chi connectivity index (χ3v) is 3.14. The van der Waals surface area contributed by atoms with Crippen molar-refractivity contribution in [2.45, 2.75) is 12.8 Å². The van der Waals surface area contributed by atoms with Crippen molar-refractivity contribution < 1.29 is 0 Å². The van der Waals surface area contributed by atoms with E-state index in [0.29, 0.717) is 5.88 Å². The molecule has 2 rings (SSSR count). The van der Waals surface area contributed by atoms with Crippen LogP contribution in [-0.2, 0) is 5.88 Å². The molecule has 2 aromatic rings. The summed E-state index contributed by atoms with van der Waals surface area (Å²) >= 11 is 8.02. The van der Waals surface area contributed by atoms with Gasteiger partial charge in [-0.3, -0.25) is 0 Å². The SMILES string of the molecule is Cc1ccc(I)cc1-n1ccc(CCl)n1. The second kappa shape index (κ2) is 4.53. The van der Waals surface area contributed by atoms with Gasteiger partial charge in [-0.25, -0.2) is 4.68 Å². The van der Waals surface area contributed by atoms with Crippen LogP contribution in [0, 0.1) is 10.5 Å². The van der Waals surface area contributed by atoms with E-state index in [2.05, 4.69) is 52.8 Å². The maximum atomic E-state index is 5.72. The van der Waals surface area contributed by atoms with Crippen molar-refractivity contribution in [2.24, 2.45) is 0 Å². The Hall–Kier alpha value is -0.550. The van der Waals surface area contributed by atoms with E-state index in [-0.39, 0.29) is 0 Å². The first-order valence-corrected chi connectivity index (χ1v) is 6.19. The number of nitrogens with zero attached hydrogens (tertiary/aromatic N) is 2. The second-order valence-electron chi connectivity index (χ2n) is 3.32. The van der Waals surface area contributed by atoms with E-state index in [0.717, 1.165) is 11.4 Å². The van der Waals surface area contributed by atoms with Crippen molar-refractivity contribution in [1.82, 2.24) is 9.78 Å². The van der Waals surface area contributed by atoms with E-state index >= 15 is 0 Å². The Bertz CT molecular complexity index is 479. The summed E-state index contributed by atoms with van der Waals surface area (Å²) in [6, 6.07) is 8.23. The Labute approximate surface area is 107 Å². The van der Waals surface area contributed by atoms with Crippen LogP contribution in [-0.4, -0.2) is 9.78 Å². The fourth-order valence-electron chi connectivity index (χ4n) is 1.40. The zero-order valence-corrected chi connectivity index (χ0v) is 11.2. The lowest BCUT2D eigenvalue weighted by molar-refractivity contribution is 0.851. The van der Waals surface area contributed by atoms with E-state index < -0.39 is 0 Å². The molecule has 0 radical (unpaired) electrons. The predicted molar refractivity (Wildman–Crippen MR) is 70.6 cm³/mol. The molecule has 0 fully saturated rings. The second-order valence-corrected chi connectivity index (χ2v) is 4.83. The molecule has 0 atom stereocenters. The summed E-state index contributed by atoms with van der Waals surface area (Å²) in [4.78, 5) is 0. The molecule has 78 valence electrons. The summed E-state index contributed by atoms with van der Waals surface area (Å²) in [6.45, 7) is 2.08. The number of halogens is 2. The Balaban J connectivity index is 2.48. The van der Waals surface area contributed by atoms with Gasteiger partial charge in [0.05, 0.1) is 17.3 Å². The average molecular weight is 333 g/mol. The molecule has 0 saturated heterocycles. The molecule has 0 aliphatic carbocycles. The lowest BCUT2D eigenvalue weighted by Crippen LogP contribution is -1.98. The topological polar surface area (TPSA) is 17.8 Å². The highest BCUT2D eigenvalue weighted by Gasteiger charge is 2.03. The van der Waals surface area contributed by atoms with Crippen molar-refractivity contribution in [3.05, 3.63) is 45.3 Å². The lowest BCUT2D eigenvalue weighted by atomic mass is 10.2. The zero-order valence-electron chi connectivity index (χ0n) is 8.24. The highest BCUT2D eigenvalue weighted by molar-refractivity contribution is 14.1. The molecule has 0 saturated carbocycles. The molecule has 0 aliphatic heterocycles. The van der Waals surface area contributed by atoms with Crippen molar-refractivity contribution >= 4 is 34.2 Å². The molecule has 0 spiro atoms. The van der Waals surface area contributed by atoms with Gasteiger partial charge in [0.25, 0.3) is 0 Å². The van der Waals surface area contributed by atoms with E-state index in [4.69, 9.17) is 11.6 Å². The number of rotatable bonds is 2. The minimum atomic E-state index is 0.454. The molecule has 0 N–H and O–H groups in total. The first-order valence-electron chi connectivity index (χ1n) is 4.58. The van der Waals surface area contributed by atoms with Gasteiger partial charge < -0.3 is 0 Å². The molecule has 2 nitrogen and oxygen atoms in total. The van der Waals surface area contributed by atoms with E-state index in [1.807, 2.05) is 16.9 Å². The summed E-state index contributed by atoms with van der Waals surface area (Å²) in [6.07, 6.45) is 1.94. The van der Waals surface area contributed by atoms with Crippen LogP contribution < -0.4 is 0 Å². The van der Waals surface area contributed by atoms with Gasteiger partial charge in [-0.15, -0.1) is 11.6 Å². The van der Waals surface area contributed by atoms with Gasteiger partial charge in [0.1, 0.15) is 0 Å². The number of benzene rings is 1. The molecule has 0 unspecified atom stereocenters. The van der Waals surface area contributed by atoms with Crippen LogP contribution in [0.4, 0.5) is 0 Å². The van der Waals surface area contributed by atoms with Gasteiger partial charge in [-0.2, -0.15) is 5.10 Å². The highest BCUT2D eigenvalue weighted by atomic mass is 127. The van der Waals surface area contributed by atoms with Crippen LogP contribution in [0.1, 0.15) is 11.3 Å². The van der Waals surface area contributed by atoms with Crippen LogP contribution in [0.2, 0.25) is 0 Å². The molecule has 0 amide bonds. The van der Waals surface area contributed by atoms with Crippen LogP contribution in [0.5, 0.6) is 0 Å². The molecular weight excluding hydrogens is 322 g/mol. The van der Waals surface area contributed by atoms with E-state index in [1.165, 1.54) is 9.13 Å². The number of aryl methyl sites for hydroxylation is 1. The fraction of sp³-hybridized carbons (Fsp3) is 0.182. The normalized spacial score (nSPS) is 10.6. The Morgan fingerprint density at radius 1 is 1.40 bits per heavy atom. The van der Waals surface area contributed by atoms with Crippen LogP contribution in [0.15, 0.2) is 30.5 Å². The molecule has 1 aromatic carbocycles. The highest BCUT2D eigenvalue weighted by Crippen LogP contribution is 2.17. The Kier molecular flexibility index (Phi) is 3.31. The van der Waals surface area contributed by atoms with Crippen molar-refractivity contribution in [3.8, 4) is 5.69 Å². The average Bonchev–Trinajstić information content (AvgIpc) is 2.70. The minimum absolute atomic E-state index is 0.454. The smallest absolute Gasteiger partial charge is 0.0776 e. The molecule has 1 heterocycles. The number of hydrogen-bond donors (Lipinski definition) is 0. The van der Waals surface area contributed by atoms with Gasteiger partial charge in [0, 0.05) is 9.77 Å². The quantitative estimate of drug-likeness (QED) is 0.608.